The van der Waals surface area contributed by atoms with Gasteiger partial charge in [-0.3, -0.25) is 9.78 Å². The van der Waals surface area contributed by atoms with Gasteiger partial charge in [-0.05, 0) is 30.9 Å². The largest absolute Gasteiger partial charge is 0.300 e. The number of hydrogen-bond acceptors (Lipinski definition) is 2. The van der Waals surface area contributed by atoms with Crippen molar-refractivity contribution in [1.29, 1.82) is 0 Å². The lowest BCUT2D eigenvalue weighted by molar-refractivity contribution is -0.119. The molecular formula is C13H19NO. The zero-order valence-electron chi connectivity index (χ0n) is 9.79. The molecule has 0 radical (unpaired) electrons. The van der Waals surface area contributed by atoms with Crippen LogP contribution in [-0.2, 0) is 11.2 Å². The molecule has 0 aromatic carbocycles. The zero-order valence-corrected chi connectivity index (χ0v) is 9.79. The summed E-state index contributed by atoms with van der Waals surface area (Å²) in [4.78, 5) is 15.8. The van der Waals surface area contributed by atoms with Crippen LogP contribution in [0.3, 0.4) is 0 Å². The van der Waals surface area contributed by atoms with Crippen molar-refractivity contribution in [3.63, 3.8) is 0 Å². The Bertz CT molecular complexity index is 331. The standard InChI is InChI=1S/C13H19NO/c1-10(2)9-12(15)6-7-13-11(3)5-4-8-14-13/h4-5,8,10H,6-7,9H2,1-3H3. The lowest BCUT2D eigenvalue weighted by Crippen LogP contribution is -2.05. The van der Waals surface area contributed by atoms with E-state index in [1.807, 2.05) is 19.1 Å². The van der Waals surface area contributed by atoms with E-state index in [4.69, 9.17) is 0 Å². The van der Waals surface area contributed by atoms with Crippen molar-refractivity contribution in [2.24, 2.45) is 5.92 Å². The summed E-state index contributed by atoms with van der Waals surface area (Å²) in [5.41, 5.74) is 2.23. The summed E-state index contributed by atoms with van der Waals surface area (Å²) in [7, 11) is 0. The molecular weight excluding hydrogens is 186 g/mol. The fourth-order valence-corrected chi connectivity index (χ4v) is 1.60. The van der Waals surface area contributed by atoms with Crippen LogP contribution in [-0.4, -0.2) is 10.8 Å². The van der Waals surface area contributed by atoms with Gasteiger partial charge < -0.3 is 0 Å². The minimum Gasteiger partial charge on any atom is -0.300 e. The first-order valence-corrected chi connectivity index (χ1v) is 5.51. The first kappa shape index (κ1) is 11.9. The van der Waals surface area contributed by atoms with Crippen molar-refractivity contribution >= 4 is 5.78 Å². The van der Waals surface area contributed by atoms with Crippen LogP contribution in [0.5, 0.6) is 0 Å². The first-order valence-electron chi connectivity index (χ1n) is 5.51. The number of Topliss-reactive ketones (excluding diaryl/α,β-unsaturated/α-hetero) is 1. The average molecular weight is 205 g/mol. The molecule has 0 aliphatic heterocycles. The summed E-state index contributed by atoms with van der Waals surface area (Å²) >= 11 is 0. The second-order valence-corrected chi connectivity index (χ2v) is 4.40. The van der Waals surface area contributed by atoms with Gasteiger partial charge in [0.1, 0.15) is 5.78 Å². The molecule has 0 fully saturated rings. The van der Waals surface area contributed by atoms with Crippen molar-refractivity contribution in [2.75, 3.05) is 0 Å². The van der Waals surface area contributed by atoms with Crippen LogP contribution in [0.2, 0.25) is 0 Å². The van der Waals surface area contributed by atoms with Gasteiger partial charge in [0.05, 0.1) is 0 Å². The number of ketones is 1. The predicted octanol–water partition coefficient (Wildman–Crippen LogP) is 2.94. The van der Waals surface area contributed by atoms with Crippen LogP contribution < -0.4 is 0 Å². The van der Waals surface area contributed by atoms with Crippen molar-refractivity contribution in [2.45, 2.75) is 40.0 Å². The Morgan fingerprint density at radius 3 is 2.80 bits per heavy atom. The highest BCUT2D eigenvalue weighted by molar-refractivity contribution is 5.78. The monoisotopic (exact) mass is 205 g/mol. The van der Waals surface area contributed by atoms with Crippen molar-refractivity contribution in [1.82, 2.24) is 4.98 Å². The van der Waals surface area contributed by atoms with Gasteiger partial charge in [-0.1, -0.05) is 19.9 Å². The molecule has 0 saturated heterocycles. The van der Waals surface area contributed by atoms with Crippen molar-refractivity contribution in [3.05, 3.63) is 29.6 Å². The number of carbonyl (C=O) groups is 1. The van der Waals surface area contributed by atoms with Crippen molar-refractivity contribution in [3.8, 4) is 0 Å². The molecule has 0 aliphatic rings. The summed E-state index contributed by atoms with van der Waals surface area (Å²) in [6.45, 7) is 6.18. The van der Waals surface area contributed by atoms with Crippen LogP contribution >= 0.6 is 0 Å². The Balaban J connectivity index is 2.44. The van der Waals surface area contributed by atoms with Gasteiger partial charge in [-0.25, -0.2) is 0 Å². The highest BCUT2D eigenvalue weighted by atomic mass is 16.1. The Hall–Kier alpha value is -1.18. The molecule has 15 heavy (non-hydrogen) atoms. The topological polar surface area (TPSA) is 30.0 Å². The fourth-order valence-electron chi connectivity index (χ4n) is 1.60. The average Bonchev–Trinajstić information content (AvgIpc) is 2.15. The van der Waals surface area contributed by atoms with Crippen molar-refractivity contribution < 1.29 is 4.79 Å². The van der Waals surface area contributed by atoms with Gasteiger partial charge in [0.2, 0.25) is 0 Å². The highest BCUT2D eigenvalue weighted by Crippen LogP contribution is 2.09. The number of carbonyl (C=O) groups excluding carboxylic acids is 1. The van der Waals surface area contributed by atoms with Gasteiger partial charge in [-0.2, -0.15) is 0 Å². The van der Waals surface area contributed by atoms with E-state index < -0.39 is 0 Å². The molecule has 0 atom stereocenters. The molecule has 0 unspecified atom stereocenters. The Morgan fingerprint density at radius 1 is 1.47 bits per heavy atom. The Labute approximate surface area is 91.7 Å². The zero-order chi connectivity index (χ0) is 11.3. The molecule has 0 aliphatic carbocycles. The summed E-state index contributed by atoms with van der Waals surface area (Å²) in [6.07, 6.45) is 3.87. The van der Waals surface area contributed by atoms with E-state index in [2.05, 4.69) is 18.8 Å². The first-order chi connectivity index (χ1) is 7.09. The minimum absolute atomic E-state index is 0.343. The van der Waals surface area contributed by atoms with Gasteiger partial charge in [0.15, 0.2) is 0 Å². The predicted molar refractivity (Wildman–Crippen MR) is 61.8 cm³/mol. The quantitative estimate of drug-likeness (QED) is 0.739. The number of aryl methyl sites for hydroxylation is 2. The molecule has 0 amide bonds. The number of rotatable bonds is 5. The maximum atomic E-state index is 11.5. The molecule has 1 heterocycles. The smallest absolute Gasteiger partial charge is 0.133 e. The third kappa shape index (κ3) is 4.24. The minimum atomic E-state index is 0.343. The van der Waals surface area contributed by atoms with Crippen LogP contribution in [0.1, 0.15) is 37.9 Å². The van der Waals surface area contributed by atoms with Crippen LogP contribution in [0, 0.1) is 12.8 Å². The normalized spacial score (nSPS) is 10.7. The van der Waals surface area contributed by atoms with Crippen LogP contribution in [0.15, 0.2) is 18.3 Å². The Morgan fingerprint density at radius 2 is 2.20 bits per heavy atom. The second-order valence-electron chi connectivity index (χ2n) is 4.40. The molecule has 0 spiro atoms. The molecule has 2 nitrogen and oxygen atoms in total. The van der Waals surface area contributed by atoms with E-state index in [0.717, 1.165) is 12.1 Å². The summed E-state index contributed by atoms with van der Waals surface area (Å²) in [6, 6.07) is 3.96. The maximum Gasteiger partial charge on any atom is 0.133 e. The van der Waals surface area contributed by atoms with Gasteiger partial charge >= 0.3 is 0 Å². The van der Waals surface area contributed by atoms with E-state index in [9.17, 15) is 4.79 Å². The van der Waals surface area contributed by atoms with E-state index in [1.54, 1.807) is 6.20 Å². The van der Waals surface area contributed by atoms with E-state index in [1.165, 1.54) is 5.56 Å². The third-order valence-corrected chi connectivity index (χ3v) is 2.39. The van der Waals surface area contributed by atoms with E-state index in [0.29, 0.717) is 24.5 Å². The number of nitrogens with zero attached hydrogens (tertiary/aromatic N) is 1. The molecule has 82 valence electrons. The molecule has 0 bridgehead atoms. The number of pyridine rings is 1. The molecule has 1 aromatic heterocycles. The Kier molecular flexibility index (Phi) is 4.47. The van der Waals surface area contributed by atoms with Gasteiger partial charge in [0, 0.05) is 24.7 Å². The molecule has 1 aromatic rings. The van der Waals surface area contributed by atoms with Crippen LogP contribution in [0.4, 0.5) is 0 Å². The third-order valence-electron chi connectivity index (χ3n) is 2.39. The van der Waals surface area contributed by atoms with Crippen LogP contribution in [0.25, 0.3) is 0 Å². The second kappa shape index (κ2) is 5.64. The SMILES string of the molecule is Cc1cccnc1CCC(=O)CC(C)C. The van der Waals surface area contributed by atoms with E-state index >= 15 is 0 Å². The molecule has 2 heteroatoms. The highest BCUT2D eigenvalue weighted by Gasteiger charge is 2.06. The molecule has 0 N–H and O–H groups in total. The summed E-state index contributed by atoms with van der Waals surface area (Å²) in [5.74, 6) is 0.803. The molecule has 1 rings (SSSR count). The lowest BCUT2D eigenvalue weighted by Gasteiger charge is -2.05. The molecule has 0 saturated carbocycles. The maximum absolute atomic E-state index is 11.5. The number of aromatic nitrogens is 1. The number of hydrogen-bond donors (Lipinski definition) is 0. The van der Waals surface area contributed by atoms with Gasteiger partial charge in [-0.15, -0.1) is 0 Å². The van der Waals surface area contributed by atoms with Gasteiger partial charge in [0.25, 0.3) is 0 Å². The summed E-state index contributed by atoms with van der Waals surface area (Å²) in [5, 5.41) is 0. The lowest BCUT2D eigenvalue weighted by atomic mass is 10.0. The van der Waals surface area contributed by atoms with E-state index in [-0.39, 0.29) is 0 Å². The fraction of sp³-hybridized carbons (Fsp3) is 0.538. The summed E-state index contributed by atoms with van der Waals surface area (Å²) < 4.78 is 0.